The molecular formula is C15H18BrN3. The Balaban J connectivity index is 2.32. The van der Waals surface area contributed by atoms with Crippen LogP contribution in [0.1, 0.15) is 24.6 Å². The summed E-state index contributed by atoms with van der Waals surface area (Å²) in [7, 11) is 0. The minimum Gasteiger partial charge on any atom is -0.327 e. The van der Waals surface area contributed by atoms with Crippen LogP contribution >= 0.6 is 15.9 Å². The predicted molar refractivity (Wildman–Crippen MR) is 81.9 cm³/mol. The third-order valence-electron chi connectivity index (χ3n) is 3.07. The Morgan fingerprint density at radius 1 is 1.32 bits per heavy atom. The quantitative estimate of drug-likeness (QED) is 0.938. The summed E-state index contributed by atoms with van der Waals surface area (Å²) in [5.41, 5.74) is 9.19. The van der Waals surface area contributed by atoms with E-state index in [9.17, 15) is 0 Å². The highest BCUT2D eigenvalue weighted by atomic mass is 79.9. The molecule has 1 heterocycles. The standard InChI is InChI=1S/C15H18BrN3/c1-3-11(17)9-12-6-7-18-15(19-12)13-5-4-10(2)8-14(13)16/h4-8,11H,3,9,17H2,1-2H3. The Morgan fingerprint density at radius 2 is 2.11 bits per heavy atom. The number of hydrogen-bond donors (Lipinski definition) is 1. The van der Waals surface area contributed by atoms with Gasteiger partial charge in [-0.05, 0) is 37.1 Å². The van der Waals surface area contributed by atoms with E-state index in [2.05, 4.69) is 51.9 Å². The first-order valence-corrected chi connectivity index (χ1v) is 7.23. The van der Waals surface area contributed by atoms with Crippen molar-refractivity contribution in [2.45, 2.75) is 32.7 Å². The molecule has 100 valence electrons. The Bertz CT molecular complexity index is 569. The predicted octanol–water partition coefficient (Wildman–Crippen LogP) is 3.49. The highest BCUT2D eigenvalue weighted by Crippen LogP contribution is 2.26. The molecule has 0 radical (unpaired) electrons. The largest absolute Gasteiger partial charge is 0.327 e. The second kappa shape index (κ2) is 6.26. The van der Waals surface area contributed by atoms with Crippen LogP contribution in [0.3, 0.4) is 0 Å². The van der Waals surface area contributed by atoms with E-state index in [1.54, 1.807) is 6.20 Å². The van der Waals surface area contributed by atoms with Crippen LogP contribution < -0.4 is 5.73 Å². The van der Waals surface area contributed by atoms with E-state index in [1.165, 1.54) is 5.56 Å². The van der Waals surface area contributed by atoms with Gasteiger partial charge in [0.2, 0.25) is 0 Å². The van der Waals surface area contributed by atoms with Gasteiger partial charge in [-0.3, -0.25) is 0 Å². The van der Waals surface area contributed by atoms with Crippen LogP contribution in [0, 0.1) is 6.92 Å². The number of hydrogen-bond acceptors (Lipinski definition) is 3. The minimum absolute atomic E-state index is 0.157. The molecule has 19 heavy (non-hydrogen) atoms. The van der Waals surface area contributed by atoms with Gasteiger partial charge >= 0.3 is 0 Å². The van der Waals surface area contributed by atoms with Crippen molar-refractivity contribution in [1.29, 1.82) is 0 Å². The van der Waals surface area contributed by atoms with Crippen LogP contribution in [0.4, 0.5) is 0 Å². The Labute approximate surface area is 122 Å². The highest BCUT2D eigenvalue weighted by molar-refractivity contribution is 9.10. The molecule has 0 aliphatic carbocycles. The average molecular weight is 320 g/mol. The zero-order valence-corrected chi connectivity index (χ0v) is 12.8. The molecule has 0 bridgehead atoms. The lowest BCUT2D eigenvalue weighted by Crippen LogP contribution is -2.22. The van der Waals surface area contributed by atoms with Crippen molar-refractivity contribution in [1.82, 2.24) is 9.97 Å². The maximum absolute atomic E-state index is 5.97. The Hall–Kier alpha value is -1.26. The van der Waals surface area contributed by atoms with Crippen molar-refractivity contribution in [3.63, 3.8) is 0 Å². The van der Waals surface area contributed by atoms with E-state index >= 15 is 0 Å². The van der Waals surface area contributed by atoms with Crippen LogP contribution in [0.25, 0.3) is 11.4 Å². The monoisotopic (exact) mass is 319 g/mol. The fraction of sp³-hybridized carbons (Fsp3) is 0.333. The van der Waals surface area contributed by atoms with Crippen LogP contribution in [-0.4, -0.2) is 16.0 Å². The number of benzene rings is 1. The lowest BCUT2D eigenvalue weighted by atomic mass is 10.1. The molecule has 1 atom stereocenters. The second-order valence-electron chi connectivity index (χ2n) is 4.73. The molecule has 2 rings (SSSR count). The van der Waals surface area contributed by atoms with Gasteiger partial charge < -0.3 is 5.73 Å². The molecule has 0 fully saturated rings. The number of nitrogens with two attached hydrogens (primary N) is 1. The number of aryl methyl sites for hydroxylation is 1. The van der Waals surface area contributed by atoms with Crippen molar-refractivity contribution in [2.75, 3.05) is 0 Å². The second-order valence-corrected chi connectivity index (χ2v) is 5.58. The molecule has 3 nitrogen and oxygen atoms in total. The van der Waals surface area contributed by atoms with E-state index in [0.29, 0.717) is 0 Å². The van der Waals surface area contributed by atoms with Crippen LogP contribution in [0.2, 0.25) is 0 Å². The summed E-state index contributed by atoms with van der Waals surface area (Å²) in [6.07, 6.45) is 3.54. The summed E-state index contributed by atoms with van der Waals surface area (Å²) < 4.78 is 1.02. The minimum atomic E-state index is 0.157. The fourth-order valence-corrected chi connectivity index (χ4v) is 2.52. The van der Waals surface area contributed by atoms with E-state index in [4.69, 9.17) is 5.73 Å². The summed E-state index contributed by atoms with van der Waals surface area (Å²) in [4.78, 5) is 8.95. The molecule has 0 spiro atoms. The van der Waals surface area contributed by atoms with Crippen LogP contribution in [0.5, 0.6) is 0 Å². The van der Waals surface area contributed by atoms with Crippen LogP contribution in [0.15, 0.2) is 34.9 Å². The number of rotatable bonds is 4. The number of aromatic nitrogens is 2. The highest BCUT2D eigenvalue weighted by Gasteiger charge is 2.08. The van der Waals surface area contributed by atoms with Gasteiger partial charge in [-0.25, -0.2) is 9.97 Å². The van der Waals surface area contributed by atoms with Crippen molar-refractivity contribution >= 4 is 15.9 Å². The van der Waals surface area contributed by atoms with Gasteiger partial charge in [0, 0.05) is 34.4 Å². The zero-order valence-electron chi connectivity index (χ0n) is 11.2. The van der Waals surface area contributed by atoms with Gasteiger partial charge in [-0.2, -0.15) is 0 Å². The molecule has 0 saturated heterocycles. The van der Waals surface area contributed by atoms with Gasteiger partial charge in [-0.15, -0.1) is 0 Å². The summed E-state index contributed by atoms with van der Waals surface area (Å²) in [6.45, 7) is 4.15. The molecule has 4 heteroatoms. The molecule has 0 aliphatic heterocycles. The summed E-state index contributed by atoms with van der Waals surface area (Å²) in [5, 5.41) is 0. The third kappa shape index (κ3) is 3.61. The molecule has 2 aromatic rings. The van der Waals surface area contributed by atoms with E-state index in [1.807, 2.05) is 12.1 Å². The van der Waals surface area contributed by atoms with Gasteiger partial charge in [0.05, 0.1) is 0 Å². The first-order valence-electron chi connectivity index (χ1n) is 6.44. The third-order valence-corrected chi connectivity index (χ3v) is 3.73. The molecule has 1 aromatic carbocycles. The summed E-state index contributed by atoms with van der Waals surface area (Å²) in [6, 6.07) is 8.26. The summed E-state index contributed by atoms with van der Waals surface area (Å²) in [5.74, 6) is 0.743. The molecular weight excluding hydrogens is 302 g/mol. The number of nitrogens with zero attached hydrogens (tertiary/aromatic N) is 2. The Morgan fingerprint density at radius 3 is 2.79 bits per heavy atom. The molecule has 0 amide bonds. The molecule has 0 saturated carbocycles. The van der Waals surface area contributed by atoms with Crippen molar-refractivity contribution in [3.8, 4) is 11.4 Å². The molecule has 2 N–H and O–H groups in total. The van der Waals surface area contributed by atoms with Crippen molar-refractivity contribution in [2.24, 2.45) is 5.73 Å². The molecule has 1 unspecified atom stereocenters. The maximum atomic E-state index is 5.97. The van der Waals surface area contributed by atoms with E-state index in [-0.39, 0.29) is 6.04 Å². The lowest BCUT2D eigenvalue weighted by molar-refractivity contribution is 0.636. The molecule has 1 aromatic heterocycles. The zero-order chi connectivity index (χ0) is 13.8. The topological polar surface area (TPSA) is 51.8 Å². The normalized spacial score (nSPS) is 12.4. The van der Waals surface area contributed by atoms with E-state index < -0.39 is 0 Å². The van der Waals surface area contributed by atoms with Crippen molar-refractivity contribution in [3.05, 3.63) is 46.2 Å². The SMILES string of the molecule is CCC(N)Cc1ccnc(-c2ccc(C)cc2Br)n1. The van der Waals surface area contributed by atoms with Gasteiger partial charge in [0.25, 0.3) is 0 Å². The first-order chi connectivity index (χ1) is 9.10. The smallest absolute Gasteiger partial charge is 0.160 e. The fourth-order valence-electron chi connectivity index (χ4n) is 1.85. The van der Waals surface area contributed by atoms with Gasteiger partial charge in [-0.1, -0.05) is 28.9 Å². The van der Waals surface area contributed by atoms with Crippen molar-refractivity contribution < 1.29 is 0 Å². The summed E-state index contributed by atoms with van der Waals surface area (Å²) >= 11 is 3.57. The van der Waals surface area contributed by atoms with Gasteiger partial charge in [0.15, 0.2) is 5.82 Å². The Kier molecular flexibility index (Phi) is 4.66. The van der Waals surface area contributed by atoms with Crippen LogP contribution in [-0.2, 0) is 6.42 Å². The molecule has 0 aliphatic rings. The van der Waals surface area contributed by atoms with Gasteiger partial charge in [0.1, 0.15) is 0 Å². The number of halogens is 1. The maximum Gasteiger partial charge on any atom is 0.160 e. The average Bonchev–Trinajstić information content (AvgIpc) is 2.39. The lowest BCUT2D eigenvalue weighted by Gasteiger charge is -2.09. The van der Waals surface area contributed by atoms with E-state index in [0.717, 1.165) is 34.4 Å². The first kappa shape index (κ1) is 14.2.